The van der Waals surface area contributed by atoms with Crippen molar-refractivity contribution < 1.29 is 13.7 Å². The molecule has 0 saturated carbocycles. The maximum atomic E-state index is 13.8. The van der Waals surface area contributed by atoms with Gasteiger partial charge in [-0.15, -0.1) is 11.8 Å². The summed E-state index contributed by atoms with van der Waals surface area (Å²) in [6.45, 7) is 1.72. The molecule has 0 aliphatic heterocycles. The van der Waals surface area contributed by atoms with Gasteiger partial charge < -0.3 is 9.84 Å². The van der Waals surface area contributed by atoms with Crippen LogP contribution >= 0.6 is 39.3 Å². The predicted molar refractivity (Wildman–Crippen MR) is 108 cm³/mol. The van der Waals surface area contributed by atoms with E-state index in [2.05, 4.69) is 31.4 Å². The highest BCUT2D eigenvalue weighted by Crippen LogP contribution is 2.26. The van der Waals surface area contributed by atoms with Crippen LogP contribution in [-0.4, -0.2) is 21.3 Å². The van der Waals surface area contributed by atoms with Crippen molar-refractivity contribution in [3.05, 3.63) is 63.7 Å². The number of nitrogens with zero attached hydrogens (tertiary/aromatic N) is 2. The molecule has 2 aromatic carbocycles. The van der Waals surface area contributed by atoms with Gasteiger partial charge in [0.2, 0.25) is 17.6 Å². The largest absolute Gasteiger partial charge is 0.338 e. The van der Waals surface area contributed by atoms with Crippen LogP contribution in [-0.2, 0) is 10.5 Å². The SMILES string of the molecule is C[C@H](SCc1nc(-c2ccccc2Cl)no1)C(=O)Nc1ccc(Br)cc1F. The normalized spacial score (nSPS) is 12.0. The molecular weight excluding hydrogens is 457 g/mol. The molecule has 1 amide bonds. The van der Waals surface area contributed by atoms with Gasteiger partial charge in [0.25, 0.3) is 0 Å². The lowest BCUT2D eigenvalue weighted by molar-refractivity contribution is -0.115. The minimum absolute atomic E-state index is 0.134. The number of thioether (sulfide) groups is 1. The average molecular weight is 471 g/mol. The Balaban J connectivity index is 1.58. The van der Waals surface area contributed by atoms with Crippen LogP contribution in [0.15, 0.2) is 51.5 Å². The van der Waals surface area contributed by atoms with Crippen molar-refractivity contribution in [3.63, 3.8) is 0 Å². The van der Waals surface area contributed by atoms with Crippen molar-refractivity contribution in [2.75, 3.05) is 5.32 Å². The molecule has 9 heteroatoms. The summed E-state index contributed by atoms with van der Waals surface area (Å²) in [6.07, 6.45) is 0. The molecule has 3 aromatic rings. The number of benzene rings is 2. The van der Waals surface area contributed by atoms with E-state index in [4.69, 9.17) is 16.1 Å². The molecule has 140 valence electrons. The number of hydrogen-bond donors (Lipinski definition) is 1. The van der Waals surface area contributed by atoms with Gasteiger partial charge in [-0.3, -0.25) is 4.79 Å². The zero-order chi connectivity index (χ0) is 19.4. The monoisotopic (exact) mass is 469 g/mol. The first-order valence-electron chi connectivity index (χ1n) is 7.89. The molecule has 1 atom stereocenters. The van der Waals surface area contributed by atoms with Crippen molar-refractivity contribution in [2.24, 2.45) is 0 Å². The van der Waals surface area contributed by atoms with E-state index in [-0.39, 0.29) is 11.6 Å². The highest BCUT2D eigenvalue weighted by molar-refractivity contribution is 9.10. The molecule has 0 fully saturated rings. The quantitative estimate of drug-likeness (QED) is 0.511. The molecule has 0 bridgehead atoms. The molecular formula is C18H14BrClFN3O2S. The maximum Gasteiger partial charge on any atom is 0.237 e. The zero-order valence-electron chi connectivity index (χ0n) is 14.1. The number of hydrogen-bond acceptors (Lipinski definition) is 5. The fourth-order valence-electron chi connectivity index (χ4n) is 2.16. The first-order chi connectivity index (χ1) is 12.9. The van der Waals surface area contributed by atoms with Gasteiger partial charge in [-0.05, 0) is 37.3 Å². The average Bonchev–Trinajstić information content (AvgIpc) is 3.11. The van der Waals surface area contributed by atoms with Crippen LogP contribution in [0.25, 0.3) is 11.4 Å². The molecule has 0 radical (unpaired) electrons. The van der Waals surface area contributed by atoms with Crippen LogP contribution in [0, 0.1) is 5.82 Å². The number of aromatic nitrogens is 2. The molecule has 0 spiro atoms. The third kappa shape index (κ3) is 5.09. The number of carbonyl (C=O) groups excluding carboxylic acids is 1. The van der Waals surface area contributed by atoms with Gasteiger partial charge in [-0.25, -0.2) is 4.39 Å². The van der Waals surface area contributed by atoms with E-state index in [1.54, 1.807) is 25.1 Å². The molecule has 0 aliphatic rings. The number of rotatable bonds is 6. The van der Waals surface area contributed by atoms with Crippen LogP contribution in [0.2, 0.25) is 5.02 Å². The van der Waals surface area contributed by atoms with Crippen LogP contribution in [0.5, 0.6) is 0 Å². The first-order valence-corrected chi connectivity index (χ1v) is 10.1. The van der Waals surface area contributed by atoms with Crippen molar-refractivity contribution in [3.8, 4) is 11.4 Å². The van der Waals surface area contributed by atoms with E-state index in [0.717, 1.165) is 0 Å². The molecule has 0 aliphatic carbocycles. The van der Waals surface area contributed by atoms with Crippen molar-refractivity contribution in [2.45, 2.75) is 17.9 Å². The van der Waals surface area contributed by atoms with Gasteiger partial charge in [0, 0.05) is 10.0 Å². The second-order valence-electron chi connectivity index (χ2n) is 5.56. The van der Waals surface area contributed by atoms with Gasteiger partial charge >= 0.3 is 0 Å². The summed E-state index contributed by atoms with van der Waals surface area (Å²) in [5.41, 5.74) is 0.810. The molecule has 1 N–H and O–H groups in total. The number of carbonyl (C=O) groups is 1. The van der Waals surface area contributed by atoms with Gasteiger partial charge in [-0.1, -0.05) is 44.8 Å². The Labute approximate surface area is 172 Å². The minimum atomic E-state index is -0.504. The van der Waals surface area contributed by atoms with Crippen LogP contribution in [0.3, 0.4) is 0 Å². The molecule has 27 heavy (non-hydrogen) atoms. The number of halogens is 3. The van der Waals surface area contributed by atoms with E-state index in [0.29, 0.717) is 32.5 Å². The first kappa shape index (κ1) is 19.9. The minimum Gasteiger partial charge on any atom is -0.338 e. The Morgan fingerprint density at radius 2 is 2.15 bits per heavy atom. The molecule has 5 nitrogen and oxygen atoms in total. The van der Waals surface area contributed by atoms with Crippen LogP contribution in [0.1, 0.15) is 12.8 Å². The molecule has 0 unspecified atom stereocenters. The third-order valence-electron chi connectivity index (χ3n) is 3.60. The number of amides is 1. The topological polar surface area (TPSA) is 68.0 Å². The lowest BCUT2D eigenvalue weighted by Crippen LogP contribution is -2.23. The highest BCUT2D eigenvalue weighted by atomic mass is 79.9. The zero-order valence-corrected chi connectivity index (χ0v) is 17.2. The van der Waals surface area contributed by atoms with E-state index in [9.17, 15) is 9.18 Å². The van der Waals surface area contributed by atoms with E-state index in [1.807, 2.05) is 12.1 Å². The Morgan fingerprint density at radius 3 is 2.89 bits per heavy atom. The summed E-state index contributed by atoms with van der Waals surface area (Å²) in [6, 6.07) is 11.6. The summed E-state index contributed by atoms with van der Waals surface area (Å²) in [5, 5.41) is 6.58. The van der Waals surface area contributed by atoms with Crippen LogP contribution in [0.4, 0.5) is 10.1 Å². The van der Waals surface area contributed by atoms with E-state index >= 15 is 0 Å². The second kappa shape index (κ2) is 8.86. The molecule has 1 heterocycles. The van der Waals surface area contributed by atoms with Gasteiger partial charge in [0.1, 0.15) is 5.82 Å². The highest BCUT2D eigenvalue weighted by Gasteiger charge is 2.18. The summed E-state index contributed by atoms with van der Waals surface area (Å²) in [4.78, 5) is 16.5. The number of nitrogens with one attached hydrogen (secondary N) is 1. The van der Waals surface area contributed by atoms with Crippen LogP contribution < -0.4 is 5.32 Å². The summed E-state index contributed by atoms with van der Waals surface area (Å²) >= 11 is 10.6. The molecule has 3 rings (SSSR count). The van der Waals surface area contributed by atoms with Crippen molar-refractivity contribution in [1.29, 1.82) is 0 Å². The predicted octanol–water partition coefficient (Wildman–Crippen LogP) is 5.55. The summed E-state index contributed by atoms with van der Waals surface area (Å²) in [7, 11) is 0. The smallest absolute Gasteiger partial charge is 0.237 e. The maximum absolute atomic E-state index is 13.8. The molecule has 1 aromatic heterocycles. The lowest BCUT2D eigenvalue weighted by atomic mass is 10.2. The van der Waals surface area contributed by atoms with E-state index < -0.39 is 11.1 Å². The van der Waals surface area contributed by atoms with Crippen molar-refractivity contribution in [1.82, 2.24) is 10.1 Å². The van der Waals surface area contributed by atoms with Gasteiger partial charge in [-0.2, -0.15) is 4.98 Å². The van der Waals surface area contributed by atoms with Gasteiger partial charge in [0.05, 0.1) is 21.7 Å². The summed E-state index contributed by atoms with van der Waals surface area (Å²) in [5.74, 6) is 0.299. The fourth-order valence-corrected chi connectivity index (χ4v) is 3.44. The third-order valence-corrected chi connectivity index (χ3v) is 5.55. The Morgan fingerprint density at radius 1 is 1.37 bits per heavy atom. The lowest BCUT2D eigenvalue weighted by Gasteiger charge is -2.11. The molecule has 0 saturated heterocycles. The van der Waals surface area contributed by atoms with Gasteiger partial charge in [0.15, 0.2) is 0 Å². The number of anilines is 1. The van der Waals surface area contributed by atoms with Crippen molar-refractivity contribution >= 4 is 50.9 Å². The Bertz CT molecular complexity index is 969. The second-order valence-corrected chi connectivity index (χ2v) is 8.21. The Hall–Kier alpha value is -1.90. The standard InChI is InChI=1S/C18H14BrClFN3O2S/c1-10(18(25)22-15-7-6-11(19)8-14(15)21)27-9-16-23-17(24-26-16)12-4-2-3-5-13(12)20/h2-8,10H,9H2,1H3,(H,22,25)/t10-/m0/s1. The Kier molecular flexibility index (Phi) is 6.51. The van der Waals surface area contributed by atoms with E-state index in [1.165, 1.54) is 23.9 Å². The fraction of sp³-hybridized carbons (Fsp3) is 0.167. The summed E-state index contributed by atoms with van der Waals surface area (Å²) < 4.78 is 19.6.